The Morgan fingerprint density at radius 2 is 0.882 bits per heavy atom. The number of aromatic nitrogens is 12. The molecule has 0 aromatic carbocycles. The average molecular weight is 1660 g/mol. The molecule has 29 nitrogen and oxygen atoms in total. The second-order valence-corrected chi connectivity index (χ2v) is 32.8. The molecule has 6 aliphatic rings. The van der Waals surface area contributed by atoms with Crippen molar-refractivity contribution in [1.29, 1.82) is 0 Å². The maximum atomic E-state index is 13.3. The Morgan fingerprint density at radius 1 is 0.559 bits per heavy atom. The Bertz CT molecular complexity index is 4130. The van der Waals surface area contributed by atoms with Crippen molar-refractivity contribution in [2.45, 2.75) is 164 Å². The lowest BCUT2D eigenvalue weighted by Crippen LogP contribution is -2.42. The van der Waals surface area contributed by atoms with Crippen LogP contribution in [0.1, 0.15) is 158 Å². The van der Waals surface area contributed by atoms with E-state index in [1.807, 2.05) is 53.4 Å². The normalized spacial score (nSPS) is 17.8. The van der Waals surface area contributed by atoms with Crippen LogP contribution in [0.15, 0.2) is 33.0 Å². The van der Waals surface area contributed by atoms with Gasteiger partial charge in [-0.15, -0.1) is 0 Å². The monoisotopic (exact) mass is 1650 g/mol. The molecule has 3 saturated heterocycles. The number of anilines is 3. The standard InChI is InChI=1S/C22H31ClN6O3.C20H29ClN6O4S.C17H23ClN6O.C3H7ClO3S.C2H6.CH3I.CH4/c1-13(15-5-6-15)29-18-16(12-25-20(23)27-18)26-17(19(29)30)24-11-14-7-9-28(10-8-14)21(31)32-22(2,3)4;1-13(15-3-4-15)27-18-16(12-23-20(21)25-18)24-17(19(27)28)22-11-14-5-7-26(8-6-14)32(29,30)10-9-31-2;1-10(12-2-3-12)24-15-13(9-21-17(18)23-15)22-14(16(24)25)20-8-11-4-6-19-7-5-11;1-7-2-3-8(4,5)6;2*1-2;/h12-15H,5-11H2,1-4H3,(H,24,26);12-15H,3-11H2,1-2H3,(H,22,24);9-12,19H,2-8H2,1H3,(H,20,22);2-3H2,1H3;1-2H3;1H3;1H4/t2*13-;10-;;;;/m000..../s1. The molecule has 6 fully saturated rings. The number of carbonyl (C=O) groups excluding carboxylic acids is 1. The Morgan fingerprint density at radius 3 is 1.19 bits per heavy atom. The highest BCUT2D eigenvalue weighted by Crippen LogP contribution is 2.42. The molecule has 3 atom stereocenters. The van der Waals surface area contributed by atoms with Gasteiger partial charge in [0.2, 0.25) is 34.9 Å². The van der Waals surface area contributed by atoms with E-state index in [0.717, 1.165) is 96.7 Å². The van der Waals surface area contributed by atoms with Crippen LogP contribution in [0, 0.1) is 35.5 Å². The number of nitrogens with zero attached hydrogens (tertiary/aromatic N) is 14. The minimum Gasteiger partial charge on any atom is -0.444 e. The van der Waals surface area contributed by atoms with E-state index in [2.05, 4.69) is 100 Å². The smallest absolute Gasteiger partial charge is 0.410 e. The molecule has 3 aliphatic carbocycles. The molecule has 3 aliphatic heterocycles. The minimum atomic E-state index is -3.34. The summed E-state index contributed by atoms with van der Waals surface area (Å²) < 4.78 is 66.3. The second-order valence-electron chi connectivity index (χ2n) is 26.8. The molecule has 3 saturated carbocycles. The Kier molecular flexibility index (Phi) is 33.7. The van der Waals surface area contributed by atoms with Crippen molar-refractivity contribution in [3.63, 3.8) is 0 Å². The van der Waals surface area contributed by atoms with Gasteiger partial charge in [0.1, 0.15) is 22.2 Å². The molecule has 0 bridgehead atoms. The van der Waals surface area contributed by atoms with Gasteiger partial charge < -0.3 is 40.4 Å². The van der Waals surface area contributed by atoms with E-state index in [1.54, 1.807) is 31.0 Å². The number of halogens is 5. The van der Waals surface area contributed by atoms with Gasteiger partial charge in [0, 0.05) is 88.8 Å². The fourth-order valence-corrected chi connectivity index (χ4v) is 14.5. The van der Waals surface area contributed by atoms with Gasteiger partial charge in [0.15, 0.2) is 34.4 Å². The summed E-state index contributed by atoms with van der Waals surface area (Å²) in [5.41, 5.74) is 2.11. The van der Waals surface area contributed by atoms with E-state index in [4.69, 9.17) is 55.0 Å². The van der Waals surface area contributed by atoms with E-state index < -0.39 is 24.7 Å². The molecule has 4 N–H and O–H groups in total. The maximum Gasteiger partial charge on any atom is 0.410 e. The van der Waals surface area contributed by atoms with Crippen LogP contribution in [-0.4, -0.2) is 199 Å². The third-order valence-electron chi connectivity index (χ3n) is 18.4. The number of sulfonamides is 1. The third-order valence-corrected chi connectivity index (χ3v) is 21.9. The van der Waals surface area contributed by atoms with Gasteiger partial charge in [-0.1, -0.05) is 43.9 Å². The summed E-state index contributed by atoms with van der Waals surface area (Å²) in [5, 5.41) is 13.4. The van der Waals surface area contributed by atoms with Crippen LogP contribution in [0.2, 0.25) is 15.9 Å². The predicted molar refractivity (Wildman–Crippen MR) is 413 cm³/mol. The van der Waals surface area contributed by atoms with Crippen LogP contribution in [-0.2, 0) is 33.3 Å². The van der Waals surface area contributed by atoms with Crippen LogP contribution in [0.3, 0.4) is 0 Å². The number of rotatable bonds is 22. The number of ether oxygens (including phenoxy) is 3. The fourth-order valence-electron chi connectivity index (χ4n) is 12.1. The van der Waals surface area contributed by atoms with Gasteiger partial charge in [-0.05, 0) is 207 Å². The van der Waals surface area contributed by atoms with E-state index >= 15 is 0 Å². The van der Waals surface area contributed by atoms with Crippen LogP contribution in [0.5, 0.6) is 0 Å². The number of hydrogen-bond donors (Lipinski definition) is 4. The molecule has 570 valence electrons. The van der Waals surface area contributed by atoms with Gasteiger partial charge in [-0.2, -0.15) is 15.0 Å². The molecule has 0 spiro atoms. The highest BCUT2D eigenvalue weighted by Gasteiger charge is 2.36. The molecule has 0 unspecified atom stereocenters. The lowest BCUT2D eigenvalue weighted by atomic mass is 9.97. The van der Waals surface area contributed by atoms with Crippen molar-refractivity contribution in [3.8, 4) is 0 Å². The first-order valence-electron chi connectivity index (χ1n) is 34.6. The first-order chi connectivity index (χ1) is 48.1. The van der Waals surface area contributed by atoms with Crippen LogP contribution in [0.25, 0.3) is 33.5 Å². The number of piperidine rings is 3. The summed E-state index contributed by atoms with van der Waals surface area (Å²) >= 11 is 20.1. The lowest BCUT2D eigenvalue weighted by Gasteiger charge is -2.33. The van der Waals surface area contributed by atoms with Gasteiger partial charge in [0.25, 0.3) is 16.7 Å². The lowest BCUT2D eigenvalue weighted by molar-refractivity contribution is 0.0188. The van der Waals surface area contributed by atoms with Crippen LogP contribution >= 0.6 is 68.1 Å². The zero-order valence-electron chi connectivity index (χ0n) is 59.6. The number of likely N-dealkylation sites (tertiary alicyclic amines) is 1. The van der Waals surface area contributed by atoms with Crippen LogP contribution < -0.4 is 37.9 Å². The largest absolute Gasteiger partial charge is 0.444 e. The van der Waals surface area contributed by atoms with Crippen molar-refractivity contribution in [2.24, 2.45) is 35.5 Å². The van der Waals surface area contributed by atoms with E-state index in [0.29, 0.717) is 114 Å². The quantitative estimate of drug-likeness (QED) is 0.0212. The van der Waals surface area contributed by atoms with E-state index in [9.17, 15) is 36.0 Å². The first kappa shape index (κ1) is 85.9. The highest BCUT2D eigenvalue weighted by atomic mass is 127. The molecule has 1 amide bonds. The number of amides is 1. The van der Waals surface area contributed by atoms with Crippen molar-refractivity contribution in [3.05, 3.63) is 65.5 Å². The molecule has 6 aromatic heterocycles. The summed E-state index contributed by atoms with van der Waals surface area (Å²) in [7, 11) is 1.09. The summed E-state index contributed by atoms with van der Waals surface area (Å²) in [5.74, 6) is 3.44. The number of hydrogen-bond acceptors (Lipinski definition) is 24. The Hall–Kier alpha value is -5.04. The summed E-state index contributed by atoms with van der Waals surface area (Å²) in [4.78, 5) is 93.9. The summed E-state index contributed by atoms with van der Waals surface area (Å²) in [6.45, 7) is 22.3. The Labute approximate surface area is 631 Å². The minimum absolute atomic E-state index is 0. The number of carbonyl (C=O) groups is 1. The first-order valence-corrected chi connectivity index (χ1v) is 42.0. The van der Waals surface area contributed by atoms with Crippen molar-refractivity contribution < 1.29 is 35.8 Å². The predicted octanol–water partition coefficient (Wildman–Crippen LogP) is 10.9. The van der Waals surface area contributed by atoms with Crippen LogP contribution in [0.4, 0.5) is 22.2 Å². The molecular weight excluding hydrogens is 1550 g/mol. The molecule has 6 aromatic rings. The van der Waals surface area contributed by atoms with Crippen molar-refractivity contribution >= 4 is 144 Å². The topological polar surface area (TPSA) is 350 Å². The number of fused-ring (bicyclic) bond motifs is 3. The molecule has 0 radical (unpaired) electrons. The molecule has 102 heavy (non-hydrogen) atoms. The van der Waals surface area contributed by atoms with Crippen molar-refractivity contribution in [1.82, 2.24) is 73.1 Å². The van der Waals surface area contributed by atoms with Gasteiger partial charge in [0.05, 0.1) is 43.3 Å². The number of nitrogens with one attached hydrogen (secondary N) is 4. The molecule has 9 heterocycles. The SMILES string of the molecule is C.CC.CI.COCCS(=O)(=O)Cl.COCCS(=O)(=O)N1CCC(CNc2nc3cnc(Cl)nc3n([C@@H](C)C3CC3)c2=O)CC1.C[C@@H](C1CC1)n1c(=O)c(NCC2CCN(C(=O)OC(C)(C)C)CC2)nc2cnc(Cl)nc21.C[C@@H](C1CC1)n1c(=O)c(NCC2CCNCC2)nc2cnc(Cl)nc21. The van der Waals surface area contributed by atoms with Crippen molar-refractivity contribution in [2.75, 3.05) is 119 Å². The summed E-state index contributed by atoms with van der Waals surface area (Å²) in [6.07, 6.45) is 16.5. The maximum absolute atomic E-state index is 13.3. The molecule has 12 rings (SSSR count). The van der Waals surface area contributed by atoms with E-state index in [-0.39, 0.29) is 101 Å². The van der Waals surface area contributed by atoms with Gasteiger partial charge in [-0.25, -0.2) is 55.8 Å². The second kappa shape index (κ2) is 40.1. The summed E-state index contributed by atoms with van der Waals surface area (Å²) in [6, 6.07) is 0.111. The molecule has 36 heteroatoms. The van der Waals surface area contributed by atoms with E-state index in [1.165, 1.54) is 24.7 Å². The molecular formula is C66H103Cl4IN18O11S2. The van der Waals surface area contributed by atoms with Gasteiger partial charge in [-0.3, -0.25) is 28.1 Å². The fraction of sp³-hybridized carbons (Fsp3) is 0.712. The zero-order valence-corrected chi connectivity index (χ0v) is 66.4. The zero-order chi connectivity index (χ0) is 73.9. The number of methoxy groups -OCH3 is 2. The van der Waals surface area contributed by atoms with Gasteiger partial charge >= 0.3 is 6.09 Å². The highest BCUT2D eigenvalue weighted by molar-refractivity contribution is 14.1. The average Bonchev–Trinajstić information content (AvgIpc) is 0.817. The Balaban J connectivity index is 0.000000223. The number of alkyl halides is 1. The third kappa shape index (κ3) is 25.0.